The third-order valence-electron chi connectivity index (χ3n) is 6.58. The van der Waals surface area contributed by atoms with Crippen LogP contribution in [-0.2, 0) is 10.0 Å². The molecule has 35 heavy (non-hydrogen) atoms. The second kappa shape index (κ2) is 8.82. The zero-order valence-corrected chi connectivity index (χ0v) is 20.8. The van der Waals surface area contributed by atoms with Gasteiger partial charge >= 0.3 is 0 Å². The van der Waals surface area contributed by atoms with Crippen molar-refractivity contribution in [2.45, 2.75) is 47.5 Å². The molecule has 2 N–H and O–H groups in total. The zero-order valence-electron chi connectivity index (χ0n) is 19.2. The van der Waals surface area contributed by atoms with Gasteiger partial charge in [-0.15, -0.1) is 10.2 Å². The van der Waals surface area contributed by atoms with E-state index in [-0.39, 0.29) is 10.1 Å². The summed E-state index contributed by atoms with van der Waals surface area (Å²) in [6.07, 6.45) is 7.05. The van der Waals surface area contributed by atoms with Gasteiger partial charge in [0.1, 0.15) is 6.33 Å². The Morgan fingerprint density at radius 3 is 2.54 bits per heavy atom. The van der Waals surface area contributed by atoms with Crippen molar-refractivity contribution in [1.29, 1.82) is 0 Å². The van der Waals surface area contributed by atoms with Gasteiger partial charge in [0.15, 0.2) is 0 Å². The number of allylic oxidation sites excluding steroid dienone is 2. The third kappa shape index (κ3) is 4.13. The lowest BCUT2D eigenvalue weighted by Gasteiger charge is -2.23. The first-order valence-corrected chi connectivity index (χ1v) is 14.0. The highest BCUT2D eigenvalue weighted by atomic mass is 32.2. The van der Waals surface area contributed by atoms with E-state index in [1.807, 2.05) is 41.9 Å². The molecule has 0 unspecified atom stereocenters. The SMILES string of the molecule is Cc1ccc(S(=O)(=O)N[C@H]2c3cccc4cccc(c34)[C@H]2Sc2nncn2NC2=CCCC2)cc1. The molecule has 0 aliphatic heterocycles. The van der Waals surface area contributed by atoms with Crippen LogP contribution in [0.25, 0.3) is 10.8 Å². The molecule has 1 heterocycles. The molecule has 2 aliphatic rings. The van der Waals surface area contributed by atoms with Gasteiger partial charge in [-0.2, -0.15) is 0 Å². The van der Waals surface area contributed by atoms with Gasteiger partial charge in [-0.05, 0) is 60.2 Å². The van der Waals surface area contributed by atoms with Crippen molar-refractivity contribution in [2.75, 3.05) is 5.43 Å². The average Bonchev–Trinajstić information content (AvgIpc) is 3.59. The Bertz CT molecular complexity index is 1540. The van der Waals surface area contributed by atoms with E-state index in [4.69, 9.17) is 0 Å². The maximum absolute atomic E-state index is 13.4. The molecule has 0 spiro atoms. The van der Waals surface area contributed by atoms with Crippen LogP contribution in [0.15, 0.2) is 88.8 Å². The van der Waals surface area contributed by atoms with E-state index in [9.17, 15) is 8.42 Å². The lowest BCUT2D eigenvalue weighted by Crippen LogP contribution is -2.30. The summed E-state index contributed by atoms with van der Waals surface area (Å²) in [4.78, 5) is 0.257. The molecule has 3 aromatic carbocycles. The Kier molecular flexibility index (Phi) is 5.63. The first-order valence-electron chi connectivity index (χ1n) is 11.6. The van der Waals surface area contributed by atoms with Crippen LogP contribution in [0.2, 0.25) is 0 Å². The molecule has 1 aromatic heterocycles. The highest BCUT2D eigenvalue weighted by Crippen LogP contribution is 2.53. The maximum atomic E-state index is 13.4. The van der Waals surface area contributed by atoms with Crippen LogP contribution in [-0.4, -0.2) is 23.3 Å². The van der Waals surface area contributed by atoms with E-state index >= 15 is 0 Å². The van der Waals surface area contributed by atoms with Crippen LogP contribution in [0.5, 0.6) is 0 Å². The molecule has 2 atom stereocenters. The normalized spacial score (nSPS) is 19.3. The second-order valence-electron chi connectivity index (χ2n) is 8.96. The van der Waals surface area contributed by atoms with Crippen LogP contribution in [0.3, 0.4) is 0 Å². The number of nitrogens with one attached hydrogen (secondary N) is 2. The van der Waals surface area contributed by atoms with Crippen molar-refractivity contribution in [1.82, 2.24) is 19.6 Å². The van der Waals surface area contributed by atoms with Crippen LogP contribution in [0.1, 0.15) is 47.2 Å². The van der Waals surface area contributed by atoms with Crippen LogP contribution in [0, 0.1) is 6.92 Å². The van der Waals surface area contributed by atoms with Crippen LogP contribution >= 0.6 is 11.8 Å². The summed E-state index contributed by atoms with van der Waals surface area (Å²) in [7, 11) is -3.75. The fraction of sp³-hybridized carbons (Fsp3) is 0.231. The molecule has 0 amide bonds. The van der Waals surface area contributed by atoms with Crippen molar-refractivity contribution >= 4 is 32.6 Å². The van der Waals surface area contributed by atoms with Crippen molar-refractivity contribution < 1.29 is 8.42 Å². The predicted octanol–water partition coefficient (Wildman–Crippen LogP) is 5.22. The Hall–Kier alpha value is -3.14. The minimum atomic E-state index is -3.75. The Morgan fingerprint density at radius 1 is 1.03 bits per heavy atom. The summed E-state index contributed by atoms with van der Waals surface area (Å²) in [6.45, 7) is 1.94. The maximum Gasteiger partial charge on any atom is 0.241 e. The molecule has 0 radical (unpaired) electrons. The molecular weight excluding hydrogens is 478 g/mol. The quantitative estimate of drug-likeness (QED) is 0.360. The van der Waals surface area contributed by atoms with Crippen molar-refractivity contribution in [3.8, 4) is 0 Å². The molecular formula is C26H25N5O2S2. The van der Waals surface area contributed by atoms with Crippen LogP contribution < -0.4 is 10.1 Å². The second-order valence-corrected chi connectivity index (χ2v) is 11.8. The summed E-state index contributed by atoms with van der Waals surface area (Å²) < 4.78 is 31.7. The minimum Gasteiger partial charge on any atom is -0.295 e. The van der Waals surface area contributed by atoms with Gasteiger partial charge in [0.05, 0.1) is 16.2 Å². The van der Waals surface area contributed by atoms with Gasteiger partial charge in [0.25, 0.3) is 0 Å². The molecule has 0 saturated heterocycles. The molecule has 178 valence electrons. The fourth-order valence-corrected chi connectivity index (χ4v) is 7.39. The van der Waals surface area contributed by atoms with E-state index in [0.29, 0.717) is 5.16 Å². The number of aromatic nitrogens is 3. The number of nitrogens with zero attached hydrogens (tertiary/aromatic N) is 3. The van der Waals surface area contributed by atoms with E-state index in [0.717, 1.165) is 52.4 Å². The van der Waals surface area contributed by atoms with Gasteiger partial charge in [-0.3, -0.25) is 5.43 Å². The lowest BCUT2D eigenvalue weighted by atomic mass is 10.1. The van der Waals surface area contributed by atoms with Gasteiger partial charge in [-0.1, -0.05) is 71.9 Å². The summed E-state index contributed by atoms with van der Waals surface area (Å²) in [5, 5.41) is 11.2. The van der Waals surface area contributed by atoms with E-state index in [2.05, 4.69) is 44.6 Å². The highest BCUT2D eigenvalue weighted by molar-refractivity contribution is 7.99. The van der Waals surface area contributed by atoms with Crippen LogP contribution in [0.4, 0.5) is 0 Å². The van der Waals surface area contributed by atoms with Gasteiger partial charge in [0.2, 0.25) is 15.2 Å². The number of thioether (sulfide) groups is 1. The van der Waals surface area contributed by atoms with E-state index in [1.165, 1.54) is 11.8 Å². The highest BCUT2D eigenvalue weighted by Gasteiger charge is 2.38. The van der Waals surface area contributed by atoms with E-state index in [1.54, 1.807) is 18.5 Å². The number of sulfonamides is 1. The van der Waals surface area contributed by atoms with Crippen molar-refractivity contribution in [3.63, 3.8) is 0 Å². The number of aryl methyl sites for hydroxylation is 1. The van der Waals surface area contributed by atoms with Crippen molar-refractivity contribution in [3.05, 3.63) is 95.5 Å². The number of hydrogen-bond acceptors (Lipinski definition) is 6. The summed E-state index contributed by atoms with van der Waals surface area (Å²) in [5.41, 5.74) is 7.63. The van der Waals surface area contributed by atoms with Gasteiger partial charge < -0.3 is 0 Å². The lowest BCUT2D eigenvalue weighted by molar-refractivity contribution is 0.557. The molecule has 2 aliphatic carbocycles. The number of rotatable bonds is 7. The minimum absolute atomic E-state index is 0.210. The summed E-state index contributed by atoms with van der Waals surface area (Å²) in [5.74, 6) is 0. The topological polar surface area (TPSA) is 88.9 Å². The first kappa shape index (κ1) is 22.3. The average molecular weight is 504 g/mol. The molecule has 6 rings (SSSR count). The number of hydrogen-bond donors (Lipinski definition) is 2. The van der Waals surface area contributed by atoms with Gasteiger partial charge in [0, 0.05) is 5.70 Å². The van der Waals surface area contributed by atoms with Gasteiger partial charge in [-0.25, -0.2) is 17.8 Å². The molecule has 0 saturated carbocycles. The van der Waals surface area contributed by atoms with E-state index < -0.39 is 16.1 Å². The molecule has 4 aromatic rings. The van der Waals surface area contributed by atoms with Crippen molar-refractivity contribution in [2.24, 2.45) is 0 Å². The Morgan fingerprint density at radius 2 is 1.80 bits per heavy atom. The third-order valence-corrected chi connectivity index (χ3v) is 9.31. The summed E-state index contributed by atoms with van der Waals surface area (Å²) in [6, 6.07) is 18.7. The zero-order chi connectivity index (χ0) is 24.0. The molecule has 7 nitrogen and oxygen atoms in total. The summed E-state index contributed by atoms with van der Waals surface area (Å²) >= 11 is 1.52. The molecule has 0 bridgehead atoms. The Balaban J connectivity index is 1.38. The fourth-order valence-electron chi connectivity index (χ4n) is 4.87. The Labute approximate surface area is 208 Å². The largest absolute Gasteiger partial charge is 0.295 e. The predicted molar refractivity (Wildman–Crippen MR) is 138 cm³/mol. The first-order chi connectivity index (χ1) is 17.0. The molecule has 0 fully saturated rings. The standard InChI is InChI=1S/C26H25N5O2S2/c1-17-12-14-20(15-13-17)35(32,33)30-24-21-10-4-6-18-7-5-11-22(23(18)21)25(24)34-26-28-27-16-31(26)29-19-8-2-3-9-19/h4-8,10-16,24-25,29-30H,2-3,9H2,1H3/t24-,25+/m0/s1. The number of benzene rings is 3. The monoisotopic (exact) mass is 503 g/mol. The smallest absolute Gasteiger partial charge is 0.241 e. The molecule has 9 heteroatoms.